The average Bonchev–Trinajstić information content (AvgIpc) is 3.36. The number of benzene rings is 1. The van der Waals surface area contributed by atoms with E-state index >= 15 is 0 Å². The first-order valence-corrected chi connectivity index (χ1v) is 18.9. The largest absolute Gasteiger partial charge is 0.459 e. The lowest BCUT2D eigenvalue weighted by Gasteiger charge is -2.45. The molecule has 1 aromatic heterocycles. The third-order valence-corrected chi connectivity index (χ3v) is 10.4. The Morgan fingerprint density at radius 3 is 1.91 bits per heavy atom. The van der Waals surface area contributed by atoms with Crippen molar-refractivity contribution in [1.82, 2.24) is 4.98 Å². The fourth-order valence-electron chi connectivity index (χ4n) is 7.78. The molecular formula is C43H53NO14. The summed E-state index contributed by atoms with van der Waals surface area (Å²) < 4.78 is 35.8. The highest BCUT2D eigenvalue weighted by molar-refractivity contribution is 5.90. The van der Waals surface area contributed by atoms with Gasteiger partial charge in [-0.25, -0.2) is 9.59 Å². The van der Waals surface area contributed by atoms with E-state index in [0.717, 1.165) is 20.8 Å². The number of rotatable bonds is 9. The van der Waals surface area contributed by atoms with Gasteiger partial charge < -0.3 is 38.6 Å². The number of hydrogen-bond acceptors (Lipinski definition) is 15. The lowest BCUT2D eigenvalue weighted by molar-refractivity contribution is -0.193. The van der Waals surface area contributed by atoms with Crippen LogP contribution in [0.15, 0.2) is 79.2 Å². The zero-order valence-corrected chi connectivity index (χ0v) is 34.2. The lowest BCUT2D eigenvalue weighted by Crippen LogP contribution is -2.59. The van der Waals surface area contributed by atoms with Crippen LogP contribution in [0, 0.1) is 23.2 Å². The van der Waals surface area contributed by atoms with Gasteiger partial charge in [0, 0.05) is 56.5 Å². The molecule has 15 nitrogen and oxygen atoms in total. The molecule has 58 heavy (non-hydrogen) atoms. The van der Waals surface area contributed by atoms with Crippen molar-refractivity contribution in [2.45, 2.75) is 117 Å². The molecule has 2 aliphatic carbocycles. The second-order valence-corrected chi connectivity index (χ2v) is 16.0. The van der Waals surface area contributed by atoms with Gasteiger partial charge in [0.05, 0.1) is 23.0 Å². The number of nitrogens with zero attached hydrogens (tertiary/aromatic N) is 1. The molecule has 314 valence electrons. The number of hydrogen-bond donors (Lipinski definition) is 2. The molecule has 0 spiro atoms. The SMILES string of the molecule is C=C1C(OC(=O)C(C)C)C(O)C(OC(=O)c2cccnc2)C(C)(C)C=CC(C)C(OC(C)=O)C2(O)CC(C)(OC(C)=O)C(OC(=O)c3ccccc3)C2C1OC(C)=O. The van der Waals surface area contributed by atoms with E-state index in [2.05, 4.69) is 11.6 Å². The number of carbonyl (C=O) groups excluding carboxylic acids is 6. The van der Waals surface area contributed by atoms with Gasteiger partial charge in [0.15, 0.2) is 12.2 Å². The number of aliphatic hydroxyl groups is 2. The Morgan fingerprint density at radius 2 is 1.36 bits per heavy atom. The van der Waals surface area contributed by atoms with Crippen LogP contribution < -0.4 is 0 Å². The second-order valence-electron chi connectivity index (χ2n) is 16.0. The van der Waals surface area contributed by atoms with Crippen LogP contribution in [0.4, 0.5) is 0 Å². The Hall–Kier alpha value is -5.41. The predicted octanol–water partition coefficient (Wildman–Crippen LogP) is 4.49. The third kappa shape index (κ3) is 9.99. The van der Waals surface area contributed by atoms with Crippen LogP contribution in [0.3, 0.4) is 0 Å². The Balaban J connectivity index is 2.08. The summed E-state index contributed by atoms with van der Waals surface area (Å²) in [5, 5.41) is 25.7. The molecule has 0 saturated heterocycles. The monoisotopic (exact) mass is 807 g/mol. The molecule has 0 aliphatic heterocycles. The molecule has 10 unspecified atom stereocenters. The van der Waals surface area contributed by atoms with Crippen LogP contribution >= 0.6 is 0 Å². The smallest absolute Gasteiger partial charge is 0.340 e. The van der Waals surface area contributed by atoms with Gasteiger partial charge in [-0.15, -0.1) is 0 Å². The standard InChI is InChI=1S/C43H53NO14/c1-23(2)38(49)55-34-25(4)33(53-26(5)45)31-36(56-39(50)29-15-12-11-13-16-29)42(10,58-28(7)47)22-43(31,52)35(54-27(6)46)24(3)18-19-41(8,9)37(32(34)48)57-40(51)30-17-14-20-44-21-30/h11-21,23-24,31-37,48,52H,4,22H2,1-3,5-10H3. The number of aromatic nitrogens is 1. The van der Waals surface area contributed by atoms with Gasteiger partial charge in [-0.1, -0.05) is 71.5 Å². The van der Waals surface area contributed by atoms with Crippen LogP contribution in [-0.2, 0) is 47.6 Å². The van der Waals surface area contributed by atoms with Gasteiger partial charge in [0.1, 0.15) is 35.6 Å². The number of aliphatic hydroxyl groups excluding tert-OH is 1. The molecule has 4 rings (SSSR count). The minimum Gasteiger partial charge on any atom is -0.459 e. The van der Waals surface area contributed by atoms with Gasteiger partial charge in [0.2, 0.25) is 0 Å². The number of carbonyl (C=O) groups is 6. The summed E-state index contributed by atoms with van der Waals surface area (Å²) in [7, 11) is 0. The van der Waals surface area contributed by atoms with Crippen molar-refractivity contribution in [2.24, 2.45) is 23.2 Å². The first-order chi connectivity index (χ1) is 27.0. The Kier molecular flexibility index (Phi) is 14.1. The van der Waals surface area contributed by atoms with E-state index in [9.17, 15) is 39.0 Å². The molecule has 10 atom stereocenters. The molecule has 1 aromatic carbocycles. The number of esters is 6. The molecule has 2 aliphatic rings. The number of pyridine rings is 1. The molecule has 15 heteroatoms. The van der Waals surface area contributed by atoms with E-state index in [-0.39, 0.29) is 16.7 Å². The summed E-state index contributed by atoms with van der Waals surface area (Å²) >= 11 is 0. The highest BCUT2D eigenvalue weighted by atomic mass is 16.6. The van der Waals surface area contributed by atoms with Gasteiger partial charge in [0.25, 0.3) is 0 Å². The summed E-state index contributed by atoms with van der Waals surface area (Å²) in [5.41, 5.74) is -5.84. The van der Waals surface area contributed by atoms with Crippen molar-refractivity contribution in [1.29, 1.82) is 0 Å². The molecule has 0 amide bonds. The maximum Gasteiger partial charge on any atom is 0.340 e. The quantitative estimate of drug-likeness (QED) is 0.203. The molecule has 2 N–H and O–H groups in total. The van der Waals surface area contributed by atoms with E-state index in [1.165, 1.54) is 57.4 Å². The summed E-state index contributed by atoms with van der Waals surface area (Å²) in [6.45, 7) is 16.8. The van der Waals surface area contributed by atoms with E-state index in [1.54, 1.807) is 51.1 Å². The highest BCUT2D eigenvalue weighted by Gasteiger charge is 2.70. The van der Waals surface area contributed by atoms with E-state index in [1.807, 2.05) is 0 Å². The second kappa shape index (κ2) is 18.0. The van der Waals surface area contributed by atoms with Crippen LogP contribution in [0.1, 0.15) is 89.5 Å². The molecule has 2 aromatic rings. The summed E-state index contributed by atoms with van der Waals surface area (Å²) in [4.78, 5) is 83.8. The van der Waals surface area contributed by atoms with E-state index in [4.69, 9.17) is 28.4 Å². The predicted molar refractivity (Wildman–Crippen MR) is 205 cm³/mol. The topological polar surface area (TPSA) is 211 Å². The van der Waals surface area contributed by atoms with Gasteiger partial charge >= 0.3 is 35.8 Å². The zero-order chi connectivity index (χ0) is 43.3. The van der Waals surface area contributed by atoms with Crippen molar-refractivity contribution in [3.8, 4) is 0 Å². The zero-order valence-electron chi connectivity index (χ0n) is 34.2. The normalized spacial score (nSPS) is 30.7. The molecule has 1 saturated carbocycles. The fraction of sp³-hybridized carbons (Fsp3) is 0.512. The van der Waals surface area contributed by atoms with Crippen LogP contribution in [0.5, 0.6) is 0 Å². The summed E-state index contributed by atoms with van der Waals surface area (Å²) in [5.74, 6) is -8.66. The van der Waals surface area contributed by atoms with Crippen LogP contribution in [0.25, 0.3) is 0 Å². The maximum atomic E-state index is 13.9. The molecule has 0 radical (unpaired) electrons. The van der Waals surface area contributed by atoms with Crippen molar-refractivity contribution in [2.75, 3.05) is 0 Å². The lowest BCUT2D eigenvalue weighted by atomic mass is 9.71. The minimum absolute atomic E-state index is 0.0417. The van der Waals surface area contributed by atoms with Crippen molar-refractivity contribution < 1.29 is 67.4 Å². The number of ether oxygens (including phenoxy) is 6. The van der Waals surface area contributed by atoms with E-state index in [0.29, 0.717) is 0 Å². The van der Waals surface area contributed by atoms with E-state index < -0.39 is 113 Å². The Labute approximate surface area is 337 Å². The van der Waals surface area contributed by atoms with Gasteiger partial charge in [-0.05, 0) is 31.2 Å². The third-order valence-electron chi connectivity index (χ3n) is 10.4. The molecule has 1 fully saturated rings. The Bertz CT molecular complexity index is 1890. The van der Waals surface area contributed by atoms with Crippen molar-refractivity contribution >= 4 is 35.8 Å². The van der Waals surface area contributed by atoms with Crippen LogP contribution in [0.2, 0.25) is 0 Å². The summed E-state index contributed by atoms with van der Waals surface area (Å²) in [6, 6.07) is 10.8. The summed E-state index contributed by atoms with van der Waals surface area (Å²) in [6.07, 6.45) is -5.08. The highest BCUT2D eigenvalue weighted by Crippen LogP contribution is 2.54. The first kappa shape index (κ1) is 45.3. The molecular weight excluding hydrogens is 754 g/mol. The molecule has 0 bridgehead atoms. The van der Waals surface area contributed by atoms with Crippen LogP contribution in [-0.4, -0.2) is 98.8 Å². The first-order valence-electron chi connectivity index (χ1n) is 18.9. The van der Waals surface area contributed by atoms with Gasteiger partial charge in [-0.2, -0.15) is 0 Å². The fourth-order valence-corrected chi connectivity index (χ4v) is 7.78. The van der Waals surface area contributed by atoms with Gasteiger partial charge in [-0.3, -0.25) is 24.2 Å². The minimum atomic E-state index is -2.39. The number of fused-ring (bicyclic) bond motifs is 1. The van der Waals surface area contributed by atoms with Crippen molar-refractivity contribution in [3.63, 3.8) is 0 Å². The Morgan fingerprint density at radius 1 is 0.776 bits per heavy atom. The average molecular weight is 808 g/mol. The maximum absolute atomic E-state index is 13.9. The van der Waals surface area contributed by atoms with Crippen molar-refractivity contribution in [3.05, 3.63) is 90.3 Å². The molecule has 1 heterocycles.